The fraction of sp³-hybridized carbons (Fsp3) is 0.278. The van der Waals surface area contributed by atoms with Gasteiger partial charge in [-0.25, -0.2) is 0 Å². The average molecular weight is 266 g/mol. The summed E-state index contributed by atoms with van der Waals surface area (Å²) in [5.74, 6) is -0.268. The predicted octanol–water partition coefficient (Wildman–Crippen LogP) is 3.86. The third-order valence-electron chi connectivity index (χ3n) is 4.39. The van der Waals surface area contributed by atoms with Crippen LogP contribution >= 0.6 is 0 Å². The Morgan fingerprint density at radius 1 is 1.00 bits per heavy atom. The van der Waals surface area contributed by atoms with Gasteiger partial charge in [0.15, 0.2) is 0 Å². The van der Waals surface area contributed by atoms with E-state index in [1.807, 2.05) is 12.1 Å². The molecule has 0 saturated heterocycles. The van der Waals surface area contributed by atoms with Crippen LogP contribution in [0.1, 0.15) is 30.4 Å². The molecule has 1 N–H and O–H groups in total. The van der Waals surface area contributed by atoms with Gasteiger partial charge in [0, 0.05) is 11.8 Å². The minimum atomic E-state index is -0.702. The molecule has 102 valence electrons. The molecule has 1 atom stereocenters. The molecule has 1 aliphatic rings. The van der Waals surface area contributed by atoms with Crippen LogP contribution < -0.4 is 0 Å². The summed E-state index contributed by atoms with van der Waals surface area (Å²) in [6, 6.07) is 20.9. The second-order valence-corrected chi connectivity index (χ2v) is 5.54. The van der Waals surface area contributed by atoms with Crippen molar-refractivity contribution in [2.24, 2.45) is 5.92 Å². The Bertz CT molecular complexity index is 550. The summed E-state index contributed by atoms with van der Waals surface area (Å²) < 4.78 is 0. The largest absolute Gasteiger partial charge is 0.481 e. The van der Waals surface area contributed by atoms with Crippen molar-refractivity contribution in [2.75, 3.05) is 0 Å². The lowest BCUT2D eigenvalue weighted by atomic mass is 9.85. The van der Waals surface area contributed by atoms with Gasteiger partial charge in [0.1, 0.15) is 0 Å². The first-order valence-corrected chi connectivity index (χ1v) is 7.06. The lowest BCUT2D eigenvalue weighted by Gasteiger charge is -2.19. The van der Waals surface area contributed by atoms with Crippen LogP contribution in [-0.4, -0.2) is 11.1 Å². The van der Waals surface area contributed by atoms with Gasteiger partial charge in [0.25, 0.3) is 0 Å². The van der Waals surface area contributed by atoms with Crippen LogP contribution in [0.3, 0.4) is 0 Å². The van der Waals surface area contributed by atoms with E-state index in [9.17, 15) is 4.79 Å². The fourth-order valence-electron chi connectivity index (χ4n) is 3.32. The molecule has 0 amide bonds. The van der Waals surface area contributed by atoms with Gasteiger partial charge < -0.3 is 5.11 Å². The maximum atomic E-state index is 10.8. The van der Waals surface area contributed by atoms with Gasteiger partial charge in [-0.1, -0.05) is 60.7 Å². The fourth-order valence-corrected chi connectivity index (χ4v) is 3.32. The number of aliphatic carboxylic acids is 1. The lowest BCUT2D eigenvalue weighted by molar-refractivity contribution is -0.137. The highest BCUT2D eigenvalue weighted by molar-refractivity contribution is 5.67. The van der Waals surface area contributed by atoms with Crippen molar-refractivity contribution < 1.29 is 9.90 Å². The molecular weight excluding hydrogens is 248 g/mol. The molecule has 0 aromatic heterocycles. The molecule has 1 fully saturated rings. The molecule has 2 aromatic rings. The van der Waals surface area contributed by atoms with Crippen molar-refractivity contribution in [2.45, 2.75) is 24.7 Å². The van der Waals surface area contributed by atoms with E-state index in [1.165, 1.54) is 11.1 Å². The Morgan fingerprint density at radius 3 is 1.95 bits per heavy atom. The quantitative estimate of drug-likeness (QED) is 0.892. The van der Waals surface area contributed by atoms with Gasteiger partial charge in [-0.15, -0.1) is 0 Å². The third kappa shape index (κ3) is 2.22. The van der Waals surface area contributed by atoms with Gasteiger partial charge in [0.2, 0.25) is 0 Å². The number of carboxylic acid groups (broad SMARTS) is 1. The molecule has 1 unspecified atom stereocenters. The zero-order chi connectivity index (χ0) is 14.0. The topological polar surface area (TPSA) is 37.3 Å². The molecule has 3 rings (SSSR count). The van der Waals surface area contributed by atoms with Crippen molar-refractivity contribution in [3.8, 4) is 0 Å². The van der Waals surface area contributed by atoms with Crippen LogP contribution in [-0.2, 0) is 10.2 Å². The molecule has 0 bridgehead atoms. The smallest absolute Gasteiger partial charge is 0.303 e. The number of carbonyl (C=O) groups is 1. The summed E-state index contributed by atoms with van der Waals surface area (Å²) in [5.41, 5.74) is 2.64. The molecule has 0 heterocycles. The van der Waals surface area contributed by atoms with Crippen LogP contribution in [0, 0.1) is 5.92 Å². The van der Waals surface area contributed by atoms with E-state index < -0.39 is 5.97 Å². The molecular formula is C18H18O2. The lowest BCUT2D eigenvalue weighted by Crippen LogP contribution is -2.13. The molecule has 0 spiro atoms. The maximum Gasteiger partial charge on any atom is 0.303 e. The van der Waals surface area contributed by atoms with Crippen LogP contribution in [0.25, 0.3) is 0 Å². The molecule has 2 nitrogen and oxygen atoms in total. The van der Waals surface area contributed by atoms with E-state index in [2.05, 4.69) is 48.5 Å². The molecule has 0 radical (unpaired) electrons. The van der Waals surface area contributed by atoms with Crippen molar-refractivity contribution in [1.82, 2.24) is 0 Å². The first-order chi connectivity index (χ1) is 9.73. The summed E-state index contributed by atoms with van der Waals surface area (Å²) in [6.45, 7) is 0. The second-order valence-electron chi connectivity index (χ2n) is 5.54. The standard InChI is InChI=1S/C18H18O2/c19-17(20)12-11-16-13-18(16,14-7-3-1-4-8-14)15-9-5-2-6-10-15/h1-10,16H,11-13H2,(H,19,20). The monoisotopic (exact) mass is 266 g/mol. The van der Waals surface area contributed by atoms with E-state index in [4.69, 9.17) is 5.11 Å². The Morgan fingerprint density at radius 2 is 1.50 bits per heavy atom. The van der Waals surface area contributed by atoms with Crippen molar-refractivity contribution in [3.63, 3.8) is 0 Å². The van der Waals surface area contributed by atoms with Gasteiger partial charge in [-0.3, -0.25) is 4.79 Å². The maximum absolute atomic E-state index is 10.8. The molecule has 2 aromatic carbocycles. The van der Waals surface area contributed by atoms with E-state index in [1.54, 1.807) is 0 Å². The summed E-state index contributed by atoms with van der Waals surface area (Å²) in [6.07, 6.45) is 2.06. The minimum Gasteiger partial charge on any atom is -0.481 e. The summed E-state index contributed by atoms with van der Waals surface area (Å²) in [5, 5.41) is 8.90. The average Bonchev–Trinajstić information content (AvgIpc) is 3.23. The van der Waals surface area contributed by atoms with Crippen molar-refractivity contribution in [3.05, 3.63) is 71.8 Å². The Kier molecular flexibility index (Phi) is 3.31. The second kappa shape index (κ2) is 5.12. The number of rotatable bonds is 5. The van der Waals surface area contributed by atoms with E-state index in [0.717, 1.165) is 12.8 Å². The molecule has 1 saturated carbocycles. The van der Waals surface area contributed by atoms with Crippen LogP contribution in [0.2, 0.25) is 0 Å². The minimum absolute atomic E-state index is 0.0258. The molecule has 0 aliphatic heterocycles. The molecule has 1 aliphatic carbocycles. The van der Waals surface area contributed by atoms with E-state index >= 15 is 0 Å². The normalized spacial score (nSPS) is 19.5. The van der Waals surface area contributed by atoms with Gasteiger partial charge in [0.05, 0.1) is 0 Å². The Balaban J connectivity index is 1.93. The zero-order valence-electron chi connectivity index (χ0n) is 11.3. The van der Waals surface area contributed by atoms with Crippen LogP contribution in [0.15, 0.2) is 60.7 Å². The zero-order valence-corrected chi connectivity index (χ0v) is 11.3. The van der Waals surface area contributed by atoms with Crippen LogP contribution in [0.5, 0.6) is 0 Å². The predicted molar refractivity (Wildman–Crippen MR) is 78.6 cm³/mol. The van der Waals surface area contributed by atoms with Crippen LogP contribution in [0.4, 0.5) is 0 Å². The number of hydrogen-bond donors (Lipinski definition) is 1. The Hall–Kier alpha value is -2.09. The SMILES string of the molecule is O=C(O)CCC1CC1(c1ccccc1)c1ccccc1. The first kappa shape index (κ1) is 12.9. The Labute approximate surface area is 119 Å². The molecule has 20 heavy (non-hydrogen) atoms. The summed E-state index contributed by atoms with van der Waals surface area (Å²) >= 11 is 0. The first-order valence-electron chi connectivity index (χ1n) is 7.06. The summed E-state index contributed by atoms with van der Waals surface area (Å²) in [7, 11) is 0. The highest BCUT2D eigenvalue weighted by atomic mass is 16.4. The van der Waals surface area contributed by atoms with Crippen molar-refractivity contribution in [1.29, 1.82) is 0 Å². The van der Waals surface area contributed by atoms with Gasteiger partial charge in [-0.05, 0) is 29.9 Å². The van der Waals surface area contributed by atoms with E-state index in [0.29, 0.717) is 5.92 Å². The van der Waals surface area contributed by atoms with Gasteiger partial charge in [-0.2, -0.15) is 0 Å². The molecule has 2 heteroatoms. The number of benzene rings is 2. The number of carboxylic acids is 1. The van der Waals surface area contributed by atoms with Crippen molar-refractivity contribution >= 4 is 5.97 Å². The highest BCUT2D eigenvalue weighted by Crippen LogP contribution is 2.60. The van der Waals surface area contributed by atoms with Gasteiger partial charge >= 0.3 is 5.97 Å². The highest BCUT2D eigenvalue weighted by Gasteiger charge is 2.55. The summed E-state index contributed by atoms with van der Waals surface area (Å²) in [4.78, 5) is 10.8. The van der Waals surface area contributed by atoms with E-state index in [-0.39, 0.29) is 11.8 Å². The number of hydrogen-bond acceptors (Lipinski definition) is 1. The third-order valence-corrected chi connectivity index (χ3v) is 4.39.